The molecule has 5 nitrogen and oxygen atoms in total. The molecule has 0 atom stereocenters. The van der Waals surface area contributed by atoms with Crippen LogP contribution in [0.15, 0.2) is 54.6 Å². The summed E-state index contributed by atoms with van der Waals surface area (Å²) in [5, 5.41) is 0. The van der Waals surface area contributed by atoms with Crippen molar-refractivity contribution in [1.29, 1.82) is 0 Å². The molecule has 1 fully saturated rings. The van der Waals surface area contributed by atoms with E-state index in [-0.39, 0.29) is 12.0 Å². The number of rotatable bonds is 4. The summed E-state index contributed by atoms with van der Waals surface area (Å²) in [4.78, 5) is 17.1. The average molecular weight is 567 g/mol. The Morgan fingerprint density at radius 2 is 1.56 bits per heavy atom. The molecule has 176 valence electrons. The van der Waals surface area contributed by atoms with Crippen molar-refractivity contribution in [2.24, 2.45) is 0 Å². The van der Waals surface area contributed by atoms with Crippen molar-refractivity contribution in [1.82, 2.24) is 9.80 Å². The summed E-state index contributed by atoms with van der Waals surface area (Å²) in [5.41, 5.74) is 15.7. The Balaban J connectivity index is 1.18. The molecular formula is C28H30IN3O2. The van der Waals surface area contributed by atoms with Crippen molar-refractivity contribution in [3.63, 3.8) is 0 Å². The van der Waals surface area contributed by atoms with Gasteiger partial charge >= 0.3 is 6.09 Å². The van der Waals surface area contributed by atoms with Gasteiger partial charge in [-0.3, -0.25) is 4.90 Å². The van der Waals surface area contributed by atoms with E-state index in [1.165, 1.54) is 31.4 Å². The van der Waals surface area contributed by atoms with Crippen molar-refractivity contribution in [3.05, 3.63) is 86.0 Å². The molecule has 34 heavy (non-hydrogen) atoms. The van der Waals surface area contributed by atoms with E-state index in [0.29, 0.717) is 19.7 Å². The normalized spacial score (nSPS) is 15.8. The number of carbonyl (C=O) groups excluding carboxylic acids is 1. The van der Waals surface area contributed by atoms with E-state index in [9.17, 15) is 4.79 Å². The van der Waals surface area contributed by atoms with Crippen LogP contribution in [0.3, 0.4) is 0 Å². The number of ether oxygens (including phenoxy) is 1. The molecule has 1 aliphatic carbocycles. The Hall–Kier alpha value is -2.58. The van der Waals surface area contributed by atoms with Crippen LogP contribution in [-0.2, 0) is 11.3 Å². The zero-order valence-electron chi connectivity index (χ0n) is 19.7. The van der Waals surface area contributed by atoms with Crippen LogP contribution in [0.2, 0.25) is 0 Å². The zero-order valence-corrected chi connectivity index (χ0v) is 21.8. The molecule has 2 N–H and O–H groups in total. The van der Waals surface area contributed by atoms with Gasteiger partial charge in [0.25, 0.3) is 0 Å². The Morgan fingerprint density at radius 1 is 0.971 bits per heavy atom. The molecule has 1 amide bonds. The van der Waals surface area contributed by atoms with Crippen molar-refractivity contribution < 1.29 is 9.53 Å². The Labute approximate surface area is 215 Å². The van der Waals surface area contributed by atoms with Crippen LogP contribution in [0, 0.1) is 17.4 Å². The number of nitrogens with zero attached hydrogens (tertiary/aromatic N) is 2. The number of amides is 1. The maximum absolute atomic E-state index is 12.9. The molecular weight excluding hydrogens is 537 g/mol. The van der Waals surface area contributed by atoms with E-state index in [1.54, 1.807) is 0 Å². The predicted octanol–water partition coefficient (Wildman–Crippen LogP) is 5.56. The monoisotopic (exact) mass is 567 g/mol. The van der Waals surface area contributed by atoms with Crippen LogP contribution in [-0.4, -0.2) is 48.7 Å². The second-order valence-electron chi connectivity index (χ2n) is 9.25. The summed E-state index contributed by atoms with van der Waals surface area (Å²) in [7, 11) is 0. The lowest BCUT2D eigenvalue weighted by molar-refractivity contribution is 0.0728. The highest BCUT2D eigenvalue weighted by Gasteiger charge is 2.30. The summed E-state index contributed by atoms with van der Waals surface area (Å²) in [6, 6.07) is 19.1. The molecule has 1 heterocycles. The number of halogens is 1. The number of carbonyl (C=O) groups is 1. The van der Waals surface area contributed by atoms with Gasteiger partial charge in [0.05, 0.1) is 0 Å². The van der Waals surface area contributed by atoms with Crippen molar-refractivity contribution in [2.75, 3.05) is 38.5 Å². The third-order valence-corrected chi connectivity index (χ3v) is 8.43. The van der Waals surface area contributed by atoms with E-state index in [2.05, 4.69) is 95.9 Å². The number of piperazine rings is 1. The maximum atomic E-state index is 12.9. The largest absolute Gasteiger partial charge is 0.448 e. The standard InChI is InChI=1S/C28H30IN3O2/c1-18-20(15-26(29)19(2)27(18)30)16-31-11-13-32(14-12-31)28(33)34-17-25-23-9-5-3-7-21(23)22-8-4-6-10-24(22)25/h3-10,15,25H,11-14,16-17,30H2,1-2H3. The molecule has 3 aromatic carbocycles. The van der Waals surface area contributed by atoms with Crippen molar-refractivity contribution >= 4 is 34.4 Å². The molecule has 1 saturated heterocycles. The molecule has 6 heteroatoms. The second-order valence-corrected chi connectivity index (χ2v) is 10.4. The fourth-order valence-electron chi connectivity index (χ4n) is 5.13. The van der Waals surface area contributed by atoms with Gasteiger partial charge < -0.3 is 15.4 Å². The van der Waals surface area contributed by atoms with E-state index < -0.39 is 0 Å². The summed E-state index contributed by atoms with van der Waals surface area (Å²) in [5.74, 6) is 0.0927. The van der Waals surface area contributed by atoms with Crippen LogP contribution < -0.4 is 5.73 Å². The fraction of sp³-hybridized carbons (Fsp3) is 0.321. The number of hydrogen-bond donors (Lipinski definition) is 1. The lowest BCUT2D eigenvalue weighted by Gasteiger charge is -2.34. The SMILES string of the molecule is Cc1c(I)cc(CN2CCN(C(=O)OCC3c4ccccc4-c4ccccc43)CC2)c(C)c1N. The third kappa shape index (κ3) is 4.29. The molecule has 0 radical (unpaired) electrons. The van der Waals surface area contributed by atoms with Crippen LogP contribution in [0.25, 0.3) is 11.1 Å². The topological polar surface area (TPSA) is 58.8 Å². The molecule has 3 aromatic rings. The Morgan fingerprint density at radius 3 is 2.18 bits per heavy atom. The Kier molecular flexibility index (Phi) is 6.53. The first-order chi connectivity index (χ1) is 16.4. The summed E-state index contributed by atoms with van der Waals surface area (Å²) < 4.78 is 7.05. The summed E-state index contributed by atoms with van der Waals surface area (Å²) in [6.45, 7) is 8.39. The summed E-state index contributed by atoms with van der Waals surface area (Å²) >= 11 is 2.36. The first-order valence-corrected chi connectivity index (χ1v) is 12.9. The highest BCUT2D eigenvalue weighted by molar-refractivity contribution is 14.1. The van der Waals surface area contributed by atoms with E-state index in [4.69, 9.17) is 10.5 Å². The molecule has 0 spiro atoms. The molecule has 0 saturated carbocycles. The van der Waals surface area contributed by atoms with E-state index >= 15 is 0 Å². The fourth-order valence-corrected chi connectivity index (χ4v) is 5.80. The number of fused-ring (bicyclic) bond motifs is 3. The quantitative estimate of drug-likeness (QED) is 0.332. The number of nitrogens with two attached hydrogens (primary N) is 1. The molecule has 0 unspecified atom stereocenters. The van der Waals surface area contributed by atoms with Crippen LogP contribution in [0.4, 0.5) is 10.5 Å². The number of nitrogen functional groups attached to an aromatic ring is 1. The minimum absolute atomic E-state index is 0.0927. The van der Waals surface area contributed by atoms with Gasteiger partial charge in [-0.2, -0.15) is 0 Å². The van der Waals surface area contributed by atoms with Crippen LogP contribution >= 0.6 is 22.6 Å². The Bertz CT molecular complexity index is 1190. The van der Waals surface area contributed by atoms with Gasteiger partial charge in [0.1, 0.15) is 6.61 Å². The lowest BCUT2D eigenvalue weighted by Crippen LogP contribution is -2.48. The summed E-state index contributed by atoms with van der Waals surface area (Å²) in [6.07, 6.45) is -0.216. The first kappa shape index (κ1) is 23.2. The van der Waals surface area contributed by atoms with Gasteiger partial charge in [-0.15, -0.1) is 0 Å². The molecule has 0 bridgehead atoms. The van der Waals surface area contributed by atoms with Gasteiger partial charge in [-0.25, -0.2) is 4.79 Å². The number of benzene rings is 3. The van der Waals surface area contributed by atoms with E-state index in [0.717, 1.165) is 36.4 Å². The van der Waals surface area contributed by atoms with Gasteiger partial charge in [-0.05, 0) is 81.4 Å². The highest BCUT2D eigenvalue weighted by Crippen LogP contribution is 2.44. The second kappa shape index (κ2) is 9.58. The average Bonchev–Trinajstić information content (AvgIpc) is 3.18. The van der Waals surface area contributed by atoms with Crippen molar-refractivity contribution in [3.8, 4) is 11.1 Å². The highest BCUT2D eigenvalue weighted by atomic mass is 127. The zero-order chi connectivity index (χ0) is 23.8. The maximum Gasteiger partial charge on any atom is 0.409 e. The van der Waals surface area contributed by atoms with Crippen LogP contribution in [0.1, 0.15) is 33.7 Å². The third-order valence-electron chi connectivity index (χ3n) is 7.31. The molecule has 1 aliphatic heterocycles. The number of anilines is 1. The van der Waals surface area contributed by atoms with Gasteiger partial charge in [-0.1, -0.05) is 48.5 Å². The molecule has 0 aromatic heterocycles. The minimum Gasteiger partial charge on any atom is -0.448 e. The van der Waals surface area contributed by atoms with Gasteiger partial charge in [0, 0.05) is 47.9 Å². The lowest BCUT2D eigenvalue weighted by atomic mass is 9.98. The molecule has 5 rings (SSSR count). The predicted molar refractivity (Wildman–Crippen MR) is 145 cm³/mol. The van der Waals surface area contributed by atoms with E-state index in [1.807, 2.05) is 4.90 Å². The smallest absolute Gasteiger partial charge is 0.409 e. The number of hydrogen-bond acceptors (Lipinski definition) is 4. The van der Waals surface area contributed by atoms with Crippen LogP contribution in [0.5, 0.6) is 0 Å². The van der Waals surface area contributed by atoms with Crippen molar-refractivity contribution in [2.45, 2.75) is 26.3 Å². The molecule has 2 aliphatic rings. The van der Waals surface area contributed by atoms with Gasteiger partial charge in [0.2, 0.25) is 0 Å². The van der Waals surface area contributed by atoms with Gasteiger partial charge in [0.15, 0.2) is 0 Å². The first-order valence-electron chi connectivity index (χ1n) is 11.8. The minimum atomic E-state index is -0.216.